The highest BCUT2D eigenvalue weighted by atomic mass is 19.1. The third kappa shape index (κ3) is 6.17. The van der Waals surface area contributed by atoms with Gasteiger partial charge in [-0.25, -0.2) is 4.39 Å². The van der Waals surface area contributed by atoms with E-state index in [0.29, 0.717) is 49.3 Å². The van der Waals surface area contributed by atoms with Crippen molar-refractivity contribution >= 4 is 5.96 Å². The molecular weight excluding hydrogens is 389 g/mol. The second kappa shape index (κ2) is 11.7. The highest BCUT2D eigenvalue weighted by molar-refractivity contribution is 5.79. The zero-order valence-electron chi connectivity index (χ0n) is 18.2. The Kier molecular flexibility index (Phi) is 9.05. The van der Waals surface area contributed by atoms with Crippen molar-refractivity contribution in [3.05, 3.63) is 47.8 Å². The number of likely N-dealkylation sites (N-methyl/N-ethyl adjacent to an activating group) is 1. The van der Waals surface area contributed by atoms with Crippen LogP contribution in [0, 0.1) is 5.82 Å². The molecule has 0 aromatic heterocycles. The molecule has 0 aliphatic rings. The molecule has 0 radical (unpaired) electrons. The van der Waals surface area contributed by atoms with Crippen molar-refractivity contribution in [2.45, 2.75) is 6.42 Å². The lowest BCUT2D eigenvalue weighted by molar-refractivity contribution is 0.270. The molecule has 164 valence electrons. The van der Waals surface area contributed by atoms with Gasteiger partial charge in [0.15, 0.2) is 17.5 Å². The van der Waals surface area contributed by atoms with Gasteiger partial charge in [0.05, 0.1) is 27.9 Å². The summed E-state index contributed by atoms with van der Waals surface area (Å²) >= 11 is 0. The van der Waals surface area contributed by atoms with Crippen molar-refractivity contribution < 1.29 is 23.3 Å². The number of guanidine groups is 1. The van der Waals surface area contributed by atoms with Crippen molar-refractivity contribution in [1.82, 2.24) is 10.2 Å². The molecule has 0 atom stereocenters. The molecule has 0 aliphatic carbocycles. The van der Waals surface area contributed by atoms with Gasteiger partial charge in [-0.05, 0) is 18.6 Å². The molecule has 2 aromatic rings. The fourth-order valence-electron chi connectivity index (χ4n) is 2.97. The number of hydrogen-bond acceptors (Lipinski definition) is 5. The molecule has 0 amide bonds. The van der Waals surface area contributed by atoms with E-state index in [9.17, 15) is 4.39 Å². The first-order chi connectivity index (χ1) is 14.5. The van der Waals surface area contributed by atoms with Gasteiger partial charge in [-0.1, -0.05) is 12.1 Å². The van der Waals surface area contributed by atoms with Gasteiger partial charge in [-0.2, -0.15) is 0 Å². The maximum atomic E-state index is 13.6. The van der Waals surface area contributed by atoms with E-state index in [4.69, 9.17) is 18.9 Å². The molecule has 0 aliphatic heterocycles. The van der Waals surface area contributed by atoms with Crippen LogP contribution in [0.25, 0.3) is 0 Å². The number of nitrogens with one attached hydrogen (secondary N) is 1. The number of nitrogens with zero attached hydrogens (tertiary/aromatic N) is 2. The van der Waals surface area contributed by atoms with Crippen molar-refractivity contribution in [2.75, 3.05) is 55.1 Å². The number of ether oxygens (including phenoxy) is 4. The van der Waals surface area contributed by atoms with Gasteiger partial charge >= 0.3 is 0 Å². The third-order valence-corrected chi connectivity index (χ3v) is 4.57. The third-order valence-electron chi connectivity index (χ3n) is 4.57. The molecular formula is C22H30FN3O4. The van der Waals surface area contributed by atoms with Crippen molar-refractivity contribution in [1.29, 1.82) is 0 Å². The first-order valence-corrected chi connectivity index (χ1v) is 9.62. The quantitative estimate of drug-likeness (QED) is 0.472. The number of methoxy groups -OCH3 is 3. The number of hydrogen-bond donors (Lipinski definition) is 1. The Balaban J connectivity index is 1.90. The molecule has 7 nitrogen and oxygen atoms in total. The van der Waals surface area contributed by atoms with Crippen LogP contribution in [0.5, 0.6) is 23.0 Å². The molecule has 30 heavy (non-hydrogen) atoms. The fraction of sp³-hybridized carbons (Fsp3) is 0.409. The Morgan fingerprint density at radius 2 is 1.70 bits per heavy atom. The number of aliphatic imine (C=N–C) groups is 1. The predicted octanol–water partition coefficient (Wildman–Crippen LogP) is 2.98. The lowest BCUT2D eigenvalue weighted by Crippen LogP contribution is -2.41. The van der Waals surface area contributed by atoms with Crippen molar-refractivity contribution in [3.8, 4) is 23.0 Å². The summed E-state index contributed by atoms with van der Waals surface area (Å²) in [6.45, 7) is 1.49. The summed E-state index contributed by atoms with van der Waals surface area (Å²) in [5.41, 5.74) is 0.939. The molecule has 1 N–H and O–H groups in total. The summed E-state index contributed by atoms with van der Waals surface area (Å²) in [6, 6.07) is 10.0. The summed E-state index contributed by atoms with van der Waals surface area (Å²) in [4.78, 5) is 6.21. The first-order valence-electron chi connectivity index (χ1n) is 9.62. The minimum absolute atomic E-state index is 0.243. The van der Waals surface area contributed by atoms with Crippen LogP contribution in [0.3, 0.4) is 0 Å². The molecule has 0 spiro atoms. The van der Waals surface area contributed by atoms with Crippen LogP contribution in [-0.4, -0.2) is 66.0 Å². The monoisotopic (exact) mass is 419 g/mol. The largest absolute Gasteiger partial charge is 0.496 e. The Bertz CT molecular complexity index is 820. The van der Waals surface area contributed by atoms with Gasteiger partial charge in [0, 0.05) is 38.3 Å². The van der Waals surface area contributed by atoms with E-state index in [1.54, 1.807) is 46.6 Å². The summed E-state index contributed by atoms with van der Waals surface area (Å²) in [7, 11) is 8.45. The number of halogens is 1. The maximum Gasteiger partial charge on any atom is 0.193 e. The van der Waals surface area contributed by atoms with E-state index < -0.39 is 0 Å². The second-order valence-electron chi connectivity index (χ2n) is 6.43. The van der Waals surface area contributed by atoms with Crippen LogP contribution in [0.4, 0.5) is 4.39 Å². The maximum absolute atomic E-state index is 13.6. The van der Waals surface area contributed by atoms with Crippen LogP contribution < -0.4 is 24.3 Å². The van der Waals surface area contributed by atoms with E-state index in [0.717, 1.165) is 5.56 Å². The predicted molar refractivity (Wildman–Crippen MR) is 116 cm³/mol. The SMILES string of the molecule is CN=C(NCCc1c(OC)cc(OC)cc1OC)N(C)CCOc1ccccc1F. The Hall–Kier alpha value is -3.16. The molecule has 0 heterocycles. The van der Waals surface area contributed by atoms with Crippen LogP contribution >= 0.6 is 0 Å². The highest BCUT2D eigenvalue weighted by Gasteiger charge is 2.14. The van der Waals surface area contributed by atoms with E-state index in [1.165, 1.54) is 6.07 Å². The van der Waals surface area contributed by atoms with Crippen LogP contribution in [0.1, 0.15) is 5.56 Å². The van der Waals surface area contributed by atoms with Crippen LogP contribution in [0.2, 0.25) is 0 Å². The minimum Gasteiger partial charge on any atom is -0.496 e. The normalized spacial score (nSPS) is 11.1. The molecule has 0 fully saturated rings. The topological polar surface area (TPSA) is 64.6 Å². The zero-order valence-corrected chi connectivity index (χ0v) is 18.2. The zero-order chi connectivity index (χ0) is 21.9. The summed E-state index contributed by atoms with van der Waals surface area (Å²) in [5, 5.41) is 3.31. The van der Waals surface area contributed by atoms with Crippen molar-refractivity contribution in [3.63, 3.8) is 0 Å². The van der Waals surface area contributed by atoms with Gasteiger partial charge in [-0.3, -0.25) is 4.99 Å². The van der Waals surface area contributed by atoms with E-state index in [1.807, 2.05) is 24.1 Å². The summed E-state index contributed by atoms with van der Waals surface area (Å²) in [6.07, 6.45) is 0.662. The molecule has 2 rings (SSSR count). The Labute approximate surface area is 177 Å². The van der Waals surface area contributed by atoms with Crippen molar-refractivity contribution in [2.24, 2.45) is 4.99 Å². The molecule has 8 heteroatoms. The summed E-state index contributed by atoms with van der Waals surface area (Å²) < 4.78 is 35.4. The van der Waals surface area contributed by atoms with E-state index in [-0.39, 0.29) is 11.6 Å². The molecule has 0 bridgehead atoms. The summed E-state index contributed by atoms with van der Waals surface area (Å²) in [5.74, 6) is 2.66. The number of benzene rings is 2. The molecule has 0 saturated carbocycles. The fourth-order valence-corrected chi connectivity index (χ4v) is 2.97. The Morgan fingerprint density at radius 3 is 2.27 bits per heavy atom. The van der Waals surface area contributed by atoms with Gasteiger partial charge in [0.2, 0.25) is 0 Å². The number of rotatable bonds is 10. The minimum atomic E-state index is -0.370. The van der Waals surface area contributed by atoms with Crippen LogP contribution in [0.15, 0.2) is 41.4 Å². The molecule has 0 saturated heterocycles. The lowest BCUT2D eigenvalue weighted by atomic mass is 10.1. The lowest BCUT2D eigenvalue weighted by Gasteiger charge is -2.22. The molecule has 2 aromatic carbocycles. The highest BCUT2D eigenvalue weighted by Crippen LogP contribution is 2.34. The first kappa shape index (κ1) is 23.1. The second-order valence-corrected chi connectivity index (χ2v) is 6.43. The molecule has 0 unspecified atom stereocenters. The van der Waals surface area contributed by atoms with Crippen LogP contribution in [-0.2, 0) is 6.42 Å². The van der Waals surface area contributed by atoms with E-state index >= 15 is 0 Å². The van der Waals surface area contributed by atoms with Gasteiger partial charge in [0.1, 0.15) is 23.9 Å². The van der Waals surface area contributed by atoms with Gasteiger partial charge in [-0.15, -0.1) is 0 Å². The van der Waals surface area contributed by atoms with Gasteiger partial charge in [0.25, 0.3) is 0 Å². The smallest absolute Gasteiger partial charge is 0.193 e. The van der Waals surface area contributed by atoms with Gasteiger partial charge < -0.3 is 29.2 Å². The van der Waals surface area contributed by atoms with E-state index in [2.05, 4.69) is 10.3 Å². The Morgan fingerprint density at radius 1 is 1.03 bits per heavy atom. The average molecular weight is 419 g/mol. The standard InChI is InChI=1S/C22H30FN3O4/c1-24-22(26(2)12-13-30-19-9-7-6-8-18(19)23)25-11-10-17-20(28-4)14-16(27-3)15-21(17)29-5/h6-9,14-15H,10-13H2,1-5H3,(H,24,25). The number of para-hydroxylation sites is 1. The average Bonchev–Trinajstić information content (AvgIpc) is 2.77.